The van der Waals surface area contributed by atoms with E-state index in [9.17, 15) is 14.4 Å². The van der Waals surface area contributed by atoms with Crippen molar-refractivity contribution in [2.75, 3.05) is 20.1 Å². The smallest absolute Gasteiger partial charge is 0.335 e. The summed E-state index contributed by atoms with van der Waals surface area (Å²) in [6.07, 6.45) is 1.12. The molecule has 2 aliphatic rings. The van der Waals surface area contributed by atoms with Gasteiger partial charge in [0.05, 0.1) is 0 Å². The number of aliphatic hydroxyl groups is 2. The van der Waals surface area contributed by atoms with Crippen LogP contribution in [0, 0.1) is 5.92 Å². The van der Waals surface area contributed by atoms with Crippen molar-refractivity contribution in [2.24, 2.45) is 5.92 Å². The molecule has 6 N–H and O–H groups in total. The second kappa shape index (κ2) is 10.3. The number of hydrogen-bond donors (Lipinski definition) is 6. The highest BCUT2D eigenvalue weighted by atomic mass is 16.4. The number of aliphatic hydroxyl groups excluding tert-OH is 2. The van der Waals surface area contributed by atoms with Gasteiger partial charge in [-0.3, -0.25) is 4.79 Å². The van der Waals surface area contributed by atoms with Crippen molar-refractivity contribution in [1.82, 2.24) is 15.2 Å². The summed E-state index contributed by atoms with van der Waals surface area (Å²) in [5.74, 6) is -2.19. The SMILES string of the molecule is CC(=O)NCC[C@@H]1C[C@@H]2c3cccc4[nH]cc(c34)C[C@H]2N(C)C1.O=C(O)[C@H](O)[C@@H](O)C(=O)O. The number of rotatable bonds is 6. The van der Waals surface area contributed by atoms with Gasteiger partial charge in [0.15, 0.2) is 12.2 Å². The normalized spacial score (nSPS) is 23.6. The van der Waals surface area contributed by atoms with Gasteiger partial charge in [-0.25, -0.2) is 9.59 Å². The Bertz CT molecular complexity index is 1000. The minimum Gasteiger partial charge on any atom is -0.479 e. The van der Waals surface area contributed by atoms with Crippen LogP contribution in [0.25, 0.3) is 10.9 Å². The average Bonchev–Trinajstić information content (AvgIpc) is 3.18. The van der Waals surface area contributed by atoms with Crippen LogP contribution in [0.15, 0.2) is 24.4 Å². The number of piperidine rings is 1. The predicted octanol–water partition coefficient (Wildman–Crippen LogP) is 0.532. The van der Waals surface area contributed by atoms with E-state index >= 15 is 0 Å². The lowest BCUT2D eigenvalue weighted by Gasteiger charge is -2.45. The number of carboxylic acids is 2. The van der Waals surface area contributed by atoms with Crippen molar-refractivity contribution in [1.29, 1.82) is 0 Å². The maximum absolute atomic E-state index is 11.1. The minimum atomic E-state index is -2.27. The lowest BCUT2D eigenvalue weighted by atomic mass is 9.72. The molecule has 0 saturated carbocycles. The van der Waals surface area contributed by atoms with Gasteiger partial charge in [0.2, 0.25) is 5.91 Å². The quantitative estimate of drug-likeness (QED) is 0.363. The summed E-state index contributed by atoms with van der Waals surface area (Å²) in [5, 5.41) is 36.9. The molecule has 5 atom stereocenters. The van der Waals surface area contributed by atoms with E-state index < -0.39 is 24.1 Å². The van der Waals surface area contributed by atoms with Crippen molar-refractivity contribution >= 4 is 28.7 Å². The van der Waals surface area contributed by atoms with Crippen molar-refractivity contribution in [3.8, 4) is 0 Å². The van der Waals surface area contributed by atoms with Crippen LogP contribution in [-0.4, -0.2) is 86.5 Å². The first-order chi connectivity index (χ1) is 15.6. The van der Waals surface area contributed by atoms with Crippen LogP contribution in [0.2, 0.25) is 0 Å². The van der Waals surface area contributed by atoms with Crippen molar-refractivity contribution in [2.45, 2.75) is 50.4 Å². The number of nitrogens with one attached hydrogen (secondary N) is 2. The van der Waals surface area contributed by atoms with Crippen molar-refractivity contribution in [3.63, 3.8) is 0 Å². The molecule has 1 aromatic heterocycles. The largest absolute Gasteiger partial charge is 0.479 e. The predicted molar refractivity (Wildman–Crippen MR) is 120 cm³/mol. The summed E-state index contributed by atoms with van der Waals surface area (Å²) in [6.45, 7) is 3.53. The number of carboxylic acid groups (broad SMARTS) is 2. The first-order valence-electron chi connectivity index (χ1n) is 11.0. The zero-order valence-electron chi connectivity index (χ0n) is 18.7. The Morgan fingerprint density at radius 2 is 1.85 bits per heavy atom. The maximum Gasteiger partial charge on any atom is 0.335 e. The summed E-state index contributed by atoms with van der Waals surface area (Å²) < 4.78 is 0. The molecule has 1 fully saturated rings. The third-order valence-electron chi connectivity index (χ3n) is 6.54. The molecule has 0 unspecified atom stereocenters. The number of hydrogen-bond acceptors (Lipinski definition) is 6. The molecule has 2 aromatic rings. The van der Waals surface area contributed by atoms with Crippen LogP contribution < -0.4 is 5.32 Å². The number of carbonyl (C=O) groups excluding carboxylic acids is 1. The Morgan fingerprint density at radius 3 is 2.45 bits per heavy atom. The van der Waals surface area contributed by atoms with E-state index in [-0.39, 0.29) is 5.91 Å². The highest BCUT2D eigenvalue weighted by Crippen LogP contribution is 2.44. The fourth-order valence-corrected chi connectivity index (χ4v) is 4.99. The van der Waals surface area contributed by atoms with Gasteiger partial charge in [-0.1, -0.05) is 12.1 Å². The van der Waals surface area contributed by atoms with Gasteiger partial charge in [-0.2, -0.15) is 0 Å². The first-order valence-corrected chi connectivity index (χ1v) is 11.0. The Balaban J connectivity index is 0.000000262. The van der Waals surface area contributed by atoms with E-state index in [0.29, 0.717) is 17.9 Å². The van der Waals surface area contributed by atoms with Gasteiger partial charge >= 0.3 is 11.9 Å². The number of benzene rings is 1. The highest BCUT2D eigenvalue weighted by Gasteiger charge is 2.39. The van der Waals surface area contributed by atoms with E-state index in [4.69, 9.17) is 20.4 Å². The summed E-state index contributed by atoms with van der Waals surface area (Å²) in [7, 11) is 2.26. The highest BCUT2D eigenvalue weighted by molar-refractivity contribution is 5.88. The molecular formula is C23H31N3O7. The number of aromatic amines is 1. The van der Waals surface area contributed by atoms with E-state index in [1.54, 1.807) is 6.92 Å². The molecular weight excluding hydrogens is 430 g/mol. The fraction of sp³-hybridized carbons (Fsp3) is 0.522. The van der Waals surface area contributed by atoms with Crippen LogP contribution in [-0.2, 0) is 20.8 Å². The van der Waals surface area contributed by atoms with E-state index in [0.717, 1.165) is 25.9 Å². The van der Waals surface area contributed by atoms with Crippen LogP contribution >= 0.6 is 0 Å². The van der Waals surface area contributed by atoms with E-state index in [2.05, 4.69) is 46.6 Å². The number of likely N-dealkylation sites (tertiary alicyclic amines) is 1. The molecule has 10 nitrogen and oxygen atoms in total. The molecule has 33 heavy (non-hydrogen) atoms. The minimum absolute atomic E-state index is 0.0754. The molecule has 1 aliphatic carbocycles. The molecule has 0 bridgehead atoms. The van der Waals surface area contributed by atoms with Gasteiger partial charge < -0.3 is 35.6 Å². The third-order valence-corrected chi connectivity index (χ3v) is 6.54. The average molecular weight is 462 g/mol. The number of aromatic nitrogens is 1. The molecule has 4 rings (SSSR count). The Morgan fingerprint density at radius 1 is 1.18 bits per heavy atom. The fourth-order valence-electron chi connectivity index (χ4n) is 4.99. The lowest BCUT2D eigenvalue weighted by Crippen LogP contribution is -2.48. The van der Waals surface area contributed by atoms with Gasteiger partial charge in [0, 0.05) is 49.1 Å². The Kier molecular flexibility index (Phi) is 7.72. The number of likely N-dealkylation sites (N-methyl/N-ethyl adjacent to an activating group) is 1. The summed E-state index contributed by atoms with van der Waals surface area (Å²) in [6, 6.07) is 7.30. The monoisotopic (exact) mass is 461 g/mol. The lowest BCUT2D eigenvalue weighted by molar-refractivity contribution is -0.165. The van der Waals surface area contributed by atoms with Gasteiger partial charge in [0.1, 0.15) is 0 Å². The Labute approximate surface area is 191 Å². The number of aliphatic carboxylic acids is 2. The topological polar surface area (TPSA) is 163 Å². The molecule has 1 saturated heterocycles. The molecule has 0 radical (unpaired) electrons. The van der Waals surface area contributed by atoms with E-state index in [1.165, 1.54) is 28.5 Å². The molecule has 1 amide bonds. The van der Waals surface area contributed by atoms with Crippen molar-refractivity contribution < 1.29 is 34.8 Å². The van der Waals surface area contributed by atoms with Gasteiger partial charge in [0.25, 0.3) is 0 Å². The summed E-state index contributed by atoms with van der Waals surface area (Å²) in [4.78, 5) is 36.6. The zero-order chi connectivity index (χ0) is 24.3. The molecule has 10 heteroatoms. The van der Waals surface area contributed by atoms with Crippen LogP contribution in [0.3, 0.4) is 0 Å². The van der Waals surface area contributed by atoms with Gasteiger partial charge in [-0.15, -0.1) is 0 Å². The van der Waals surface area contributed by atoms with Crippen LogP contribution in [0.4, 0.5) is 0 Å². The van der Waals surface area contributed by atoms with Gasteiger partial charge in [-0.05, 0) is 49.4 Å². The third kappa shape index (κ3) is 5.52. The van der Waals surface area contributed by atoms with Crippen molar-refractivity contribution in [3.05, 3.63) is 35.5 Å². The summed E-state index contributed by atoms with van der Waals surface area (Å²) >= 11 is 0. The number of nitrogens with zero attached hydrogens (tertiary/aromatic N) is 1. The zero-order valence-corrected chi connectivity index (χ0v) is 18.7. The molecule has 2 heterocycles. The molecule has 1 aromatic carbocycles. The maximum atomic E-state index is 11.1. The second-order valence-corrected chi connectivity index (χ2v) is 8.84. The molecule has 180 valence electrons. The standard InChI is InChI=1S/C19H25N3O.C4H6O6/c1-12(23)20-7-6-13-8-16-15-4-3-5-17-19(15)14(10-21-17)9-18(16)22(2)11-13;5-1(3(7)8)2(6)4(9)10/h3-5,10,13,16,18,21H,6-9,11H2,1-2H3,(H,20,23);1-2,5-6H,(H,7,8)(H,9,10)/t13-,16-,18-;1-,2-/m11/s1. The number of fused-ring (bicyclic) bond motifs is 2. The number of H-pyrrole nitrogens is 1. The first kappa shape index (κ1) is 24.7. The molecule has 0 spiro atoms. The summed E-state index contributed by atoms with van der Waals surface area (Å²) in [5.41, 5.74) is 4.27. The number of carbonyl (C=O) groups is 3. The Hall–Kier alpha value is -2.95. The van der Waals surface area contributed by atoms with E-state index in [1.807, 2.05) is 0 Å². The second-order valence-electron chi connectivity index (χ2n) is 8.84. The van der Waals surface area contributed by atoms with Crippen LogP contribution in [0.1, 0.15) is 36.8 Å². The molecule has 1 aliphatic heterocycles. The number of amides is 1. The van der Waals surface area contributed by atoms with Crippen LogP contribution in [0.5, 0.6) is 0 Å².